The van der Waals surface area contributed by atoms with E-state index in [1.807, 2.05) is 4.98 Å². The second-order valence-corrected chi connectivity index (χ2v) is 12.9. The van der Waals surface area contributed by atoms with Crippen molar-refractivity contribution in [2.45, 2.75) is 24.5 Å². The van der Waals surface area contributed by atoms with Crippen molar-refractivity contribution in [2.24, 2.45) is 0 Å². The number of aromatic amines is 1. The maximum absolute atomic E-state index is 11.9. The molecule has 1 aliphatic rings. The van der Waals surface area contributed by atoms with Gasteiger partial charge in [-0.1, -0.05) is 0 Å². The number of aliphatic hydroxyl groups excluding tert-OH is 2. The topological polar surface area (TPSA) is 317 Å². The second kappa shape index (κ2) is 10.5. The van der Waals surface area contributed by atoms with E-state index >= 15 is 0 Å². The Balaban J connectivity index is 2.07. The van der Waals surface area contributed by atoms with Crippen molar-refractivity contribution >= 4 is 47.2 Å². The van der Waals surface area contributed by atoms with Crippen LogP contribution >= 0.6 is 47.2 Å². The van der Waals surface area contributed by atoms with Gasteiger partial charge in [0.05, 0.1) is 11.1 Å². The highest BCUT2D eigenvalue weighted by Gasteiger charge is 2.46. The molecule has 1 saturated heterocycles. The summed E-state index contributed by atoms with van der Waals surface area (Å²) >= 11 is 2.82. The quantitative estimate of drug-likeness (QED) is 0.140. The molecule has 2 rings (SSSR count). The normalized spacial score (nSPS) is 30.1. The number of phosphoric acid groups is 4. The monoisotopic (exact) mass is 640 g/mol. The van der Waals surface area contributed by atoms with E-state index in [0.29, 0.717) is 4.57 Å². The predicted octanol–water partition coefficient (Wildman–Crippen LogP) is -2.89. The van der Waals surface area contributed by atoms with E-state index in [2.05, 4.69) is 33.4 Å². The zero-order valence-electron chi connectivity index (χ0n) is 15.8. The summed E-state index contributed by atoms with van der Waals surface area (Å²) in [5.74, 6) is 0. The third kappa shape index (κ3) is 8.33. The Morgan fingerprint density at radius 3 is 2.15 bits per heavy atom. The fraction of sp³-hybridized carbons (Fsp3) is 0.556. The van der Waals surface area contributed by atoms with Crippen LogP contribution in [-0.4, -0.2) is 59.4 Å². The summed E-state index contributed by atoms with van der Waals surface area (Å²) in [6.45, 7) is -1.23. The van der Waals surface area contributed by atoms with Crippen molar-refractivity contribution in [3.05, 3.63) is 31.5 Å². The van der Waals surface area contributed by atoms with Crippen LogP contribution in [-0.2, 0) is 40.5 Å². The molecule has 34 heavy (non-hydrogen) atoms. The van der Waals surface area contributed by atoms with Crippen molar-refractivity contribution in [3.8, 4) is 0 Å². The Morgan fingerprint density at radius 2 is 1.59 bits per heavy atom. The first kappa shape index (κ1) is 29.8. The van der Waals surface area contributed by atoms with Gasteiger partial charge in [-0.25, -0.2) is 22.5 Å². The summed E-state index contributed by atoms with van der Waals surface area (Å²) in [6.07, 6.45) is -6.28. The molecule has 0 saturated carbocycles. The first-order valence-electron chi connectivity index (χ1n) is 8.03. The molecule has 8 atom stereocenters. The van der Waals surface area contributed by atoms with Crippen LogP contribution in [0.3, 0.4) is 0 Å². The van der Waals surface area contributed by atoms with Crippen LogP contribution in [0.4, 0.5) is 0 Å². The van der Waals surface area contributed by atoms with Gasteiger partial charge in [-0.2, -0.15) is 4.31 Å². The van der Waals surface area contributed by atoms with Crippen molar-refractivity contribution in [3.63, 3.8) is 0 Å². The summed E-state index contributed by atoms with van der Waals surface area (Å²) < 4.78 is 64.7. The Labute approximate surface area is 194 Å². The highest BCUT2D eigenvalue weighted by molar-refractivity contribution is 9.10. The minimum absolute atomic E-state index is 0.173. The molecule has 0 bridgehead atoms. The summed E-state index contributed by atoms with van der Waals surface area (Å²) in [7, 11) is -24.1. The maximum atomic E-state index is 11.9. The third-order valence-electron chi connectivity index (χ3n) is 3.55. The van der Waals surface area contributed by atoms with E-state index < -0.39 is 73.7 Å². The second-order valence-electron chi connectivity index (χ2n) is 6.08. The first-order chi connectivity index (χ1) is 15.2. The number of aliphatic hydroxyl groups is 2. The number of nitrogens with zero attached hydrogens (tertiary/aromatic N) is 1. The molecule has 8 unspecified atom stereocenters. The maximum Gasteiger partial charge on any atom is 0.487 e. The highest BCUT2D eigenvalue weighted by Crippen LogP contribution is 2.69. The molecule has 1 aromatic heterocycles. The first-order valence-corrected chi connectivity index (χ1v) is 14.8. The van der Waals surface area contributed by atoms with Gasteiger partial charge in [0.25, 0.3) is 21.2 Å². The van der Waals surface area contributed by atoms with E-state index in [9.17, 15) is 52.7 Å². The molecule has 2 heterocycles. The van der Waals surface area contributed by atoms with Crippen LogP contribution < -0.4 is 21.0 Å². The molecule has 0 aromatic carbocycles. The number of phosphoric ester groups is 1. The van der Waals surface area contributed by atoms with Gasteiger partial charge in [0.15, 0.2) is 6.23 Å². The molecule has 20 nitrogen and oxygen atoms in total. The molecule has 25 heteroatoms. The molecule has 0 aliphatic carbocycles. The van der Waals surface area contributed by atoms with E-state index in [1.165, 1.54) is 0 Å². The number of hydrogen-bond acceptors (Lipinski definition) is 15. The van der Waals surface area contributed by atoms with Crippen molar-refractivity contribution < 1.29 is 75.1 Å². The van der Waals surface area contributed by atoms with Crippen LogP contribution in [0.2, 0.25) is 0 Å². The number of ether oxygens (including phenoxy) is 1. The molecular formula is C9H13BrN2O18P4-2. The van der Waals surface area contributed by atoms with Gasteiger partial charge in [0, 0.05) is 6.20 Å². The van der Waals surface area contributed by atoms with E-state index in [-0.39, 0.29) is 4.47 Å². The zero-order valence-corrected chi connectivity index (χ0v) is 20.9. The lowest BCUT2D eigenvalue weighted by atomic mass is 10.1. The molecule has 1 aromatic rings. The van der Waals surface area contributed by atoms with E-state index in [1.54, 1.807) is 0 Å². The van der Waals surface area contributed by atoms with Crippen molar-refractivity contribution in [1.82, 2.24) is 9.55 Å². The minimum Gasteiger partial charge on any atom is -0.756 e. The number of H-pyrrole nitrogens is 1. The SMILES string of the molecule is O=c1[nH]c(=O)n(C2OC(COP(=O)([O-])OP(=O)(O)OP(=O)(O)OP(=O)([O-])O)C(O)C2O)cc1Br. The van der Waals surface area contributed by atoms with Gasteiger partial charge in [-0.05, 0) is 15.9 Å². The third-order valence-corrected chi connectivity index (χ3v) is 9.51. The van der Waals surface area contributed by atoms with Gasteiger partial charge in [-0.3, -0.25) is 23.5 Å². The Morgan fingerprint density at radius 1 is 1.03 bits per heavy atom. The number of rotatable bonds is 10. The molecular weight excluding hydrogens is 628 g/mol. The van der Waals surface area contributed by atoms with Gasteiger partial charge >= 0.3 is 21.3 Å². The van der Waals surface area contributed by atoms with Gasteiger partial charge in [0.1, 0.15) is 18.3 Å². The van der Waals surface area contributed by atoms with Crippen LogP contribution in [0.1, 0.15) is 6.23 Å². The summed E-state index contributed by atoms with van der Waals surface area (Å²) in [5, 5.41) is 20.1. The van der Waals surface area contributed by atoms with Crippen molar-refractivity contribution in [2.75, 3.05) is 6.61 Å². The lowest BCUT2D eigenvalue weighted by Gasteiger charge is -2.27. The van der Waals surface area contributed by atoms with Crippen LogP contribution in [0.5, 0.6) is 0 Å². The number of halogens is 1. The largest absolute Gasteiger partial charge is 0.756 e. The molecule has 1 fully saturated rings. The lowest BCUT2D eigenvalue weighted by Crippen LogP contribution is -2.38. The molecule has 0 amide bonds. The van der Waals surface area contributed by atoms with Crippen LogP contribution in [0, 0.1) is 0 Å². The Kier molecular flexibility index (Phi) is 9.24. The van der Waals surface area contributed by atoms with Gasteiger partial charge in [0.2, 0.25) is 0 Å². The molecule has 1 aliphatic heterocycles. The molecule has 196 valence electrons. The van der Waals surface area contributed by atoms with Gasteiger partial charge < -0.3 is 43.9 Å². The van der Waals surface area contributed by atoms with Crippen LogP contribution in [0.15, 0.2) is 20.3 Å². The number of nitrogens with one attached hydrogen (secondary N) is 1. The number of hydrogen-bond donors (Lipinski definition) is 6. The average molecular weight is 641 g/mol. The molecule has 6 N–H and O–H groups in total. The fourth-order valence-corrected chi connectivity index (χ4v) is 7.06. The van der Waals surface area contributed by atoms with Crippen molar-refractivity contribution in [1.29, 1.82) is 0 Å². The van der Waals surface area contributed by atoms with Crippen LogP contribution in [0.25, 0.3) is 0 Å². The highest BCUT2D eigenvalue weighted by atomic mass is 79.9. The average Bonchev–Trinajstić information content (AvgIpc) is 2.87. The van der Waals surface area contributed by atoms with E-state index in [4.69, 9.17) is 14.5 Å². The zero-order chi connectivity index (χ0) is 26.3. The lowest BCUT2D eigenvalue weighted by molar-refractivity contribution is -0.221. The summed E-state index contributed by atoms with van der Waals surface area (Å²) in [4.78, 5) is 73.8. The summed E-state index contributed by atoms with van der Waals surface area (Å²) in [5.41, 5.74) is -1.91. The smallest absolute Gasteiger partial charge is 0.487 e. The van der Waals surface area contributed by atoms with Gasteiger partial charge in [-0.15, -0.1) is 0 Å². The Bertz CT molecular complexity index is 1220. The molecule has 0 radical (unpaired) electrons. The molecule has 0 spiro atoms. The summed E-state index contributed by atoms with van der Waals surface area (Å²) in [6, 6.07) is 0. The Hall–Kier alpha value is -0.400. The minimum atomic E-state index is -6.13. The standard InChI is InChI=1S/C9H15BrN2O18P4/c10-3-1-12(9(16)11-7(3)15)8-6(14)5(13)4(27-8)2-26-32(20,21)29-34(24,25)30-33(22,23)28-31(17,18)19/h1,4-6,8,13-14H,2H2,(H,20,21)(H,22,23)(H,24,25)(H,11,15,16)(H2,17,18,19)/p-2. The predicted molar refractivity (Wildman–Crippen MR) is 101 cm³/mol. The number of aromatic nitrogens is 2. The van der Waals surface area contributed by atoms with E-state index in [0.717, 1.165) is 6.20 Å². The fourth-order valence-electron chi connectivity index (χ4n) is 2.35.